The first-order valence-corrected chi connectivity index (χ1v) is 13.0. The Hall–Kier alpha value is -6.15. The van der Waals surface area contributed by atoms with Gasteiger partial charge >= 0.3 is 17.9 Å². The molecule has 0 aromatic heterocycles. The smallest absolute Gasteiger partial charge is 0.344 e. The zero-order valence-electron chi connectivity index (χ0n) is 23.7. The number of aromatic carboxylic acids is 2. The Kier molecular flexibility index (Phi) is 9.19. The molecule has 0 saturated carbocycles. The van der Waals surface area contributed by atoms with Gasteiger partial charge in [-0.25, -0.2) is 14.4 Å². The molecule has 0 aliphatic heterocycles. The summed E-state index contributed by atoms with van der Waals surface area (Å²) in [4.78, 5) is 66.9. The summed E-state index contributed by atoms with van der Waals surface area (Å²) in [6.45, 7) is 3.53. The fourth-order valence-electron chi connectivity index (χ4n) is 4.38. The van der Waals surface area contributed by atoms with Gasteiger partial charge in [0.05, 0.1) is 26.5 Å². The Bertz CT molecular complexity index is 1800. The standard InChI is InChI=1S/C31H24N2O12/c1-31(2,19-3-9-23(10-4-19)44-30(38)27-16-22(33(41)42)8-14-26(27)29(36)37)20-5-11-24(12-6-20)45-43-17-18-15-21(32(39)40)7-13-25(18)28(34)35/h3-16H,17H2,1-2H3,(H,34,35)(H,36,37). The number of nitrogens with zero attached hydrogens (tertiary/aromatic N) is 2. The highest BCUT2D eigenvalue weighted by Gasteiger charge is 2.25. The number of carboxylic acid groups (broad SMARTS) is 2. The molecule has 0 amide bonds. The number of carbonyl (C=O) groups is 3. The van der Waals surface area contributed by atoms with E-state index in [1.165, 1.54) is 12.1 Å². The molecule has 4 aromatic carbocycles. The van der Waals surface area contributed by atoms with Crippen LogP contribution >= 0.6 is 0 Å². The van der Waals surface area contributed by atoms with Crippen LogP contribution in [0.25, 0.3) is 0 Å². The monoisotopic (exact) mass is 616 g/mol. The average molecular weight is 617 g/mol. The maximum Gasteiger partial charge on any atom is 0.344 e. The van der Waals surface area contributed by atoms with Crippen molar-refractivity contribution in [1.29, 1.82) is 0 Å². The van der Waals surface area contributed by atoms with Gasteiger partial charge in [0.15, 0.2) is 5.75 Å². The fourth-order valence-corrected chi connectivity index (χ4v) is 4.38. The fraction of sp³-hybridized carbons (Fsp3) is 0.129. The van der Waals surface area contributed by atoms with E-state index in [2.05, 4.69) is 0 Å². The number of esters is 1. The zero-order chi connectivity index (χ0) is 32.9. The topological polar surface area (TPSA) is 206 Å². The molecular weight excluding hydrogens is 592 g/mol. The van der Waals surface area contributed by atoms with Crippen LogP contribution in [0.3, 0.4) is 0 Å². The number of nitro benzene ring substituents is 2. The zero-order valence-corrected chi connectivity index (χ0v) is 23.7. The van der Waals surface area contributed by atoms with Crippen LogP contribution in [-0.2, 0) is 16.9 Å². The summed E-state index contributed by atoms with van der Waals surface area (Å²) < 4.78 is 5.30. The molecule has 0 heterocycles. The predicted octanol–water partition coefficient (Wildman–Crippen LogP) is 5.96. The lowest BCUT2D eigenvalue weighted by Gasteiger charge is -2.26. The molecule has 0 atom stereocenters. The van der Waals surface area contributed by atoms with Crippen LogP contribution in [0.2, 0.25) is 0 Å². The number of carboxylic acids is 2. The lowest BCUT2D eigenvalue weighted by Crippen LogP contribution is -2.19. The number of hydrogen-bond donors (Lipinski definition) is 2. The number of nitro groups is 2. The van der Waals surface area contributed by atoms with Crippen LogP contribution in [0, 0.1) is 20.2 Å². The molecule has 0 fully saturated rings. The number of non-ortho nitro benzene ring substituents is 2. The number of rotatable bonds is 12. The molecule has 0 unspecified atom stereocenters. The second-order valence-corrected chi connectivity index (χ2v) is 10.1. The molecule has 230 valence electrons. The minimum Gasteiger partial charge on any atom is -0.478 e. The van der Waals surface area contributed by atoms with E-state index in [9.17, 15) is 44.8 Å². The van der Waals surface area contributed by atoms with Crippen LogP contribution in [-0.4, -0.2) is 38.0 Å². The van der Waals surface area contributed by atoms with Gasteiger partial charge in [0.25, 0.3) is 11.4 Å². The van der Waals surface area contributed by atoms with Gasteiger partial charge in [-0.1, -0.05) is 38.1 Å². The summed E-state index contributed by atoms with van der Waals surface area (Å²) in [5.74, 6) is -3.38. The van der Waals surface area contributed by atoms with Gasteiger partial charge in [-0.15, -0.1) is 0 Å². The largest absolute Gasteiger partial charge is 0.478 e. The van der Waals surface area contributed by atoms with Gasteiger partial charge in [0, 0.05) is 35.2 Å². The van der Waals surface area contributed by atoms with Crippen molar-refractivity contribution >= 4 is 29.3 Å². The molecule has 2 N–H and O–H groups in total. The molecule has 14 heteroatoms. The molecule has 4 rings (SSSR count). The Morgan fingerprint density at radius 3 is 1.69 bits per heavy atom. The first-order valence-electron chi connectivity index (χ1n) is 13.0. The summed E-state index contributed by atoms with van der Waals surface area (Å²) in [5, 5.41) is 40.9. The second kappa shape index (κ2) is 13.0. The van der Waals surface area contributed by atoms with Crippen molar-refractivity contribution in [2.24, 2.45) is 0 Å². The van der Waals surface area contributed by atoms with Crippen molar-refractivity contribution in [3.63, 3.8) is 0 Å². The molecular formula is C31H24N2O12. The summed E-state index contributed by atoms with van der Waals surface area (Å²) in [7, 11) is 0. The predicted molar refractivity (Wildman–Crippen MR) is 155 cm³/mol. The van der Waals surface area contributed by atoms with Gasteiger partial charge < -0.3 is 19.8 Å². The van der Waals surface area contributed by atoms with E-state index in [1.807, 2.05) is 13.8 Å². The number of benzene rings is 4. The van der Waals surface area contributed by atoms with Crippen LogP contribution in [0.5, 0.6) is 11.5 Å². The van der Waals surface area contributed by atoms with Crippen LogP contribution < -0.4 is 9.62 Å². The molecule has 0 radical (unpaired) electrons. The Labute approximate surface area is 254 Å². The van der Waals surface area contributed by atoms with E-state index in [0.29, 0.717) is 5.75 Å². The Morgan fingerprint density at radius 2 is 1.18 bits per heavy atom. The van der Waals surface area contributed by atoms with Gasteiger partial charge in [0.1, 0.15) is 12.4 Å². The highest BCUT2D eigenvalue weighted by Crippen LogP contribution is 2.34. The van der Waals surface area contributed by atoms with Gasteiger partial charge in [-0.05, 0) is 47.5 Å². The van der Waals surface area contributed by atoms with E-state index >= 15 is 0 Å². The Balaban J connectivity index is 1.42. The number of ether oxygens (including phenoxy) is 1. The van der Waals surface area contributed by atoms with Crippen molar-refractivity contribution < 1.29 is 49.0 Å². The minimum atomic E-state index is -1.44. The molecule has 0 saturated heterocycles. The quantitative estimate of drug-likeness (QED) is 0.0622. The molecule has 0 aliphatic rings. The summed E-state index contributed by atoms with van der Waals surface area (Å²) in [6, 6.07) is 19.4. The maximum absolute atomic E-state index is 12.7. The van der Waals surface area contributed by atoms with Crippen molar-refractivity contribution in [2.45, 2.75) is 25.9 Å². The van der Waals surface area contributed by atoms with E-state index in [0.717, 1.165) is 47.5 Å². The molecule has 14 nitrogen and oxygen atoms in total. The van der Waals surface area contributed by atoms with E-state index in [1.54, 1.807) is 36.4 Å². The van der Waals surface area contributed by atoms with Gasteiger partial charge in [0.2, 0.25) is 0 Å². The first-order chi connectivity index (χ1) is 21.3. The van der Waals surface area contributed by atoms with Crippen LogP contribution in [0.15, 0.2) is 84.9 Å². The number of carbonyl (C=O) groups excluding carboxylic acids is 1. The second-order valence-electron chi connectivity index (χ2n) is 10.1. The molecule has 0 spiro atoms. The van der Waals surface area contributed by atoms with Crippen LogP contribution in [0.1, 0.15) is 61.6 Å². The molecule has 4 aromatic rings. The third-order valence-electron chi connectivity index (χ3n) is 6.93. The molecule has 45 heavy (non-hydrogen) atoms. The normalized spacial score (nSPS) is 11.0. The van der Waals surface area contributed by atoms with Gasteiger partial charge in [-0.2, -0.15) is 4.89 Å². The molecule has 0 bridgehead atoms. The van der Waals surface area contributed by atoms with Crippen molar-refractivity contribution in [3.8, 4) is 11.5 Å². The average Bonchev–Trinajstić information content (AvgIpc) is 3.01. The SMILES string of the molecule is CC(C)(c1ccc(OOCc2cc([N+](=O)[O-])ccc2C(=O)O)cc1)c1ccc(OC(=O)c2cc([N+](=O)[O-])ccc2C(=O)O)cc1. The van der Waals surface area contributed by atoms with E-state index in [-0.39, 0.29) is 29.2 Å². The number of hydrogen-bond acceptors (Lipinski definition) is 10. The van der Waals surface area contributed by atoms with Crippen molar-refractivity contribution in [3.05, 3.63) is 139 Å². The third-order valence-corrected chi connectivity index (χ3v) is 6.93. The summed E-state index contributed by atoms with van der Waals surface area (Å²) >= 11 is 0. The molecule has 0 aliphatic carbocycles. The first kappa shape index (κ1) is 31.8. The maximum atomic E-state index is 12.7. The summed E-state index contributed by atoms with van der Waals surface area (Å²) in [5.41, 5.74) is -0.609. The minimum absolute atomic E-state index is 0.0657. The Morgan fingerprint density at radius 1 is 0.689 bits per heavy atom. The van der Waals surface area contributed by atoms with Gasteiger partial charge in [-0.3, -0.25) is 20.2 Å². The highest BCUT2D eigenvalue weighted by atomic mass is 17.2. The summed E-state index contributed by atoms with van der Waals surface area (Å²) in [6.07, 6.45) is 0. The lowest BCUT2D eigenvalue weighted by molar-refractivity contribution is -0.385. The van der Waals surface area contributed by atoms with E-state index < -0.39 is 50.0 Å². The lowest BCUT2D eigenvalue weighted by atomic mass is 9.78. The van der Waals surface area contributed by atoms with Crippen LogP contribution in [0.4, 0.5) is 11.4 Å². The highest BCUT2D eigenvalue weighted by molar-refractivity contribution is 6.03. The van der Waals surface area contributed by atoms with Crippen molar-refractivity contribution in [1.82, 2.24) is 0 Å². The van der Waals surface area contributed by atoms with Crippen molar-refractivity contribution in [2.75, 3.05) is 0 Å². The third kappa shape index (κ3) is 7.26. The van der Waals surface area contributed by atoms with E-state index in [4.69, 9.17) is 14.5 Å².